The minimum Gasteiger partial charge on any atom is -0.480 e. The summed E-state index contributed by atoms with van der Waals surface area (Å²) in [6, 6.07) is 11.1. The lowest BCUT2D eigenvalue weighted by atomic mass is 9.85. The molecule has 4 rings (SSSR count). The lowest BCUT2D eigenvalue weighted by Crippen LogP contribution is -2.52. The van der Waals surface area contributed by atoms with Crippen molar-refractivity contribution in [3.8, 4) is 10.4 Å². The van der Waals surface area contributed by atoms with Crippen LogP contribution in [0.4, 0.5) is 5.13 Å². The largest absolute Gasteiger partial charge is 0.480 e. The molecule has 2 aliphatic carbocycles. The van der Waals surface area contributed by atoms with Crippen molar-refractivity contribution in [1.82, 2.24) is 9.88 Å². The molecule has 0 unspecified atom stereocenters. The first-order valence-electron chi connectivity index (χ1n) is 8.91. The normalized spacial score (nSPS) is 22.6. The van der Waals surface area contributed by atoms with E-state index in [1.807, 2.05) is 24.4 Å². The first kappa shape index (κ1) is 16.5. The Morgan fingerprint density at radius 3 is 2.72 bits per heavy atom. The predicted molar refractivity (Wildman–Crippen MR) is 99.9 cm³/mol. The molecule has 0 spiro atoms. The molecule has 2 aliphatic rings. The average Bonchev–Trinajstić information content (AvgIpc) is 3.25. The number of carboxylic acids is 1. The van der Waals surface area contributed by atoms with Gasteiger partial charge in [-0.15, -0.1) is 0 Å². The van der Waals surface area contributed by atoms with Gasteiger partial charge in [0, 0.05) is 24.8 Å². The summed E-state index contributed by atoms with van der Waals surface area (Å²) >= 11 is 1.67. The Balaban J connectivity index is 1.30. The lowest BCUT2D eigenvalue weighted by Gasteiger charge is -2.42. The van der Waals surface area contributed by atoms with Gasteiger partial charge in [0.1, 0.15) is 0 Å². The molecule has 1 heterocycles. The minimum atomic E-state index is -0.718. The van der Waals surface area contributed by atoms with E-state index in [0.29, 0.717) is 12.1 Å². The van der Waals surface area contributed by atoms with E-state index in [0.717, 1.165) is 30.4 Å². The van der Waals surface area contributed by atoms with Gasteiger partial charge in [0.05, 0.1) is 11.4 Å². The van der Waals surface area contributed by atoms with Gasteiger partial charge in [-0.25, -0.2) is 4.98 Å². The zero-order chi connectivity index (χ0) is 17.2. The molecule has 25 heavy (non-hydrogen) atoms. The summed E-state index contributed by atoms with van der Waals surface area (Å²) in [5.41, 5.74) is 1.19. The van der Waals surface area contributed by atoms with Crippen molar-refractivity contribution in [1.29, 1.82) is 0 Å². The van der Waals surface area contributed by atoms with E-state index < -0.39 is 5.97 Å². The van der Waals surface area contributed by atoms with Crippen LogP contribution in [0.2, 0.25) is 0 Å². The maximum Gasteiger partial charge on any atom is 0.317 e. The Labute approximate surface area is 151 Å². The average molecular weight is 357 g/mol. The lowest BCUT2D eigenvalue weighted by molar-refractivity contribution is -0.139. The summed E-state index contributed by atoms with van der Waals surface area (Å²) < 4.78 is 0. The third-order valence-corrected chi connectivity index (χ3v) is 6.03. The van der Waals surface area contributed by atoms with E-state index in [2.05, 4.69) is 27.3 Å². The fourth-order valence-corrected chi connectivity index (χ4v) is 4.30. The van der Waals surface area contributed by atoms with E-state index >= 15 is 0 Å². The topological polar surface area (TPSA) is 65.5 Å². The number of anilines is 1. The van der Waals surface area contributed by atoms with E-state index in [1.165, 1.54) is 23.3 Å². The Bertz CT molecular complexity index is 723. The van der Waals surface area contributed by atoms with E-state index in [-0.39, 0.29) is 6.54 Å². The molecule has 2 aromatic rings. The van der Waals surface area contributed by atoms with Crippen LogP contribution >= 0.6 is 11.3 Å². The van der Waals surface area contributed by atoms with Crippen LogP contribution < -0.4 is 5.32 Å². The van der Waals surface area contributed by atoms with Gasteiger partial charge in [0.2, 0.25) is 0 Å². The Kier molecular flexibility index (Phi) is 4.72. The summed E-state index contributed by atoms with van der Waals surface area (Å²) in [6.45, 7) is 1.11. The molecule has 2 N–H and O–H groups in total. The monoisotopic (exact) mass is 357 g/mol. The molecular weight excluding hydrogens is 334 g/mol. The summed E-state index contributed by atoms with van der Waals surface area (Å²) in [7, 11) is 0. The van der Waals surface area contributed by atoms with Crippen LogP contribution in [0.5, 0.6) is 0 Å². The Morgan fingerprint density at radius 2 is 2.04 bits per heavy atom. The van der Waals surface area contributed by atoms with Gasteiger partial charge in [-0.3, -0.25) is 9.69 Å². The van der Waals surface area contributed by atoms with Crippen molar-refractivity contribution >= 4 is 22.4 Å². The molecule has 0 saturated heterocycles. The zero-order valence-corrected chi connectivity index (χ0v) is 14.9. The van der Waals surface area contributed by atoms with Crippen molar-refractivity contribution in [2.45, 2.75) is 37.8 Å². The third-order valence-electron chi connectivity index (χ3n) is 5.05. The standard InChI is InChI=1S/C19H23N3O2S/c23-18(24)12-22(11-13-6-7-13)16-8-15(9-16)21-19-20-10-17(25-19)14-4-2-1-3-5-14/h1-5,10,13,15-16H,6-9,11-12H2,(H,20,21)(H,23,24). The number of nitrogens with one attached hydrogen (secondary N) is 1. The molecular formula is C19H23N3O2S. The van der Waals surface area contributed by atoms with E-state index in [9.17, 15) is 4.79 Å². The van der Waals surface area contributed by atoms with Gasteiger partial charge in [-0.2, -0.15) is 0 Å². The molecule has 0 atom stereocenters. The molecule has 2 fully saturated rings. The molecule has 2 saturated carbocycles. The number of hydrogen-bond donors (Lipinski definition) is 2. The molecule has 0 radical (unpaired) electrons. The number of carboxylic acid groups (broad SMARTS) is 1. The van der Waals surface area contributed by atoms with Crippen molar-refractivity contribution < 1.29 is 9.90 Å². The maximum atomic E-state index is 11.1. The van der Waals surface area contributed by atoms with Gasteiger partial charge in [0.25, 0.3) is 0 Å². The van der Waals surface area contributed by atoms with Crippen LogP contribution in [0.1, 0.15) is 25.7 Å². The SMILES string of the molecule is O=C(O)CN(CC1CC1)C1CC(Nc2ncc(-c3ccccc3)s2)C1. The number of thiazole rings is 1. The summed E-state index contributed by atoms with van der Waals surface area (Å²) in [4.78, 5) is 18.9. The van der Waals surface area contributed by atoms with Crippen LogP contribution in [-0.4, -0.2) is 46.1 Å². The molecule has 0 bridgehead atoms. The number of nitrogens with zero attached hydrogens (tertiary/aromatic N) is 2. The van der Waals surface area contributed by atoms with Gasteiger partial charge in [0.15, 0.2) is 5.13 Å². The number of benzene rings is 1. The third kappa shape index (κ3) is 4.19. The number of aromatic nitrogens is 1. The first-order valence-corrected chi connectivity index (χ1v) is 9.72. The van der Waals surface area contributed by atoms with Crippen molar-refractivity contribution in [3.05, 3.63) is 36.5 Å². The molecule has 132 valence electrons. The number of aliphatic carboxylic acids is 1. The van der Waals surface area contributed by atoms with Crippen LogP contribution in [0.25, 0.3) is 10.4 Å². The fourth-order valence-electron chi connectivity index (χ4n) is 3.40. The second-order valence-electron chi connectivity index (χ2n) is 7.13. The highest BCUT2D eigenvalue weighted by molar-refractivity contribution is 7.18. The molecule has 0 amide bonds. The molecule has 1 aromatic carbocycles. The summed E-state index contributed by atoms with van der Waals surface area (Å²) in [6.07, 6.45) is 6.43. The minimum absolute atomic E-state index is 0.170. The molecule has 5 nitrogen and oxygen atoms in total. The highest BCUT2D eigenvalue weighted by Crippen LogP contribution is 2.36. The van der Waals surface area contributed by atoms with Gasteiger partial charge in [-0.1, -0.05) is 41.7 Å². The number of rotatable bonds is 8. The van der Waals surface area contributed by atoms with Crippen LogP contribution in [0.3, 0.4) is 0 Å². The molecule has 0 aliphatic heterocycles. The second-order valence-corrected chi connectivity index (χ2v) is 8.16. The van der Waals surface area contributed by atoms with E-state index in [1.54, 1.807) is 11.3 Å². The number of carbonyl (C=O) groups is 1. The molecule has 1 aromatic heterocycles. The van der Waals surface area contributed by atoms with Crippen molar-refractivity contribution in [2.24, 2.45) is 5.92 Å². The first-order chi connectivity index (χ1) is 12.2. The smallest absolute Gasteiger partial charge is 0.317 e. The highest BCUT2D eigenvalue weighted by Gasteiger charge is 2.37. The predicted octanol–water partition coefficient (Wildman–Crippen LogP) is 3.55. The molecule has 6 heteroatoms. The quantitative estimate of drug-likeness (QED) is 0.756. The summed E-state index contributed by atoms with van der Waals surface area (Å²) in [5.74, 6) is 0.00300. The Hall–Kier alpha value is -1.92. The van der Waals surface area contributed by atoms with Crippen LogP contribution in [-0.2, 0) is 4.79 Å². The van der Waals surface area contributed by atoms with Crippen LogP contribution in [0.15, 0.2) is 36.5 Å². The van der Waals surface area contributed by atoms with Gasteiger partial charge < -0.3 is 10.4 Å². The van der Waals surface area contributed by atoms with Gasteiger partial charge in [-0.05, 0) is 37.2 Å². The van der Waals surface area contributed by atoms with E-state index in [4.69, 9.17) is 5.11 Å². The van der Waals surface area contributed by atoms with Crippen molar-refractivity contribution in [3.63, 3.8) is 0 Å². The van der Waals surface area contributed by atoms with Crippen molar-refractivity contribution in [2.75, 3.05) is 18.4 Å². The second kappa shape index (κ2) is 7.14. The highest BCUT2D eigenvalue weighted by atomic mass is 32.1. The fraction of sp³-hybridized carbons (Fsp3) is 0.474. The number of hydrogen-bond acceptors (Lipinski definition) is 5. The maximum absolute atomic E-state index is 11.1. The Morgan fingerprint density at radius 1 is 1.28 bits per heavy atom. The van der Waals surface area contributed by atoms with Crippen LogP contribution in [0, 0.1) is 5.92 Å². The summed E-state index contributed by atoms with van der Waals surface area (Å²) in [5, 5.41) is 13.6. The van der Waals surface area contributed by atoms with Gasteiger partial charge >= 0.3 is 5.97 Å². The zero-order valence-electron chi connectivity index (χ0n) is 14.1.